The van der Waals surface area contributed by atoms with E-state index in [1.807, 2.05) is 26.2 Å². The third kappa shape index (κ3) is 1.97. The number of hydrogen-bond donors (Lipinski definition) is 0. The Morgan fingerprint density at radius 2 is 2.19 bits per heavy atom. The minimum absolute atomic E-state index is 0.0761. The Hall–Kier alpha value is -2.10. The maximum absolute atomic E-state index is 5.68. The molecule has 0 saturated carbocycles. The lowest BCUT2D eigenvalue weighted by molar-refractivity contribution is -0.682. The van der Waals surface area contributed by atoms with E-state index in [2.05, 4.69) is 47.4 Å². The first-order valence-electron chi connectivity index (χ1n) is 7.36. The van der Waals surface area contributed by atoms with Crippen LogP contribution in [-0.4, -0.2) is 11.5 Å². The molecule has 0 amide bonds. The largest absolute Gasteiger partial charge is 0.406 e. The van der Waals surface area contributed by atoms with Gasteiger partial charge in [-0.3, -0.25) is 0 Å². The van der Waals surface area contributed by atoms with E-state index in [1.54, 1.807) is 6.26 Å². The highest BCUT2D eigenvalue weighted by Gasteiger charge is 2.41. The van der Waals surface area contributed by atoms with Gasteiger partial charge >= 0.3 is 5.89 Å². The van der Waals surface area contributed by atoms with Gasteiger partial charge in [0, 0.05) is 36.3 Å². The second kappa shape index (κ2) is 4.72. The minimum Gasteiger partial charge on any atom is -0.406 e. The molecule has 3 rings (SSSR count). The van der Waals surface area contributed by atoms with Crippen molar-refractivity contribution in [2.24, 2.45) is 7.05 Å². The molecular formula is C17H22N3O+. The predicted octanol–water partition coefficient (Wildman–Crippen LogP) is 2.97. The Bertz CT molecular complexity index is 713. The summed E-state index contributed by atoms with van der Waals surface area (Å²) in [5.74, 6) is 1.92. The molecule has 0 atom stereocenters. The van der Waals surface area contributed by atoms with E-state index in [1.165, 1.54) is 11.3 Å². The number of nitrogens with zero attached hydrogens (tertiary/aromatic N) is 3. The summed E-state index contributed by atoms with van der Waals surface area (Å²) in [6.45, 7) is 9.57. The Morgan fingerprint density at radius 3 is 2.81 bits per heavy atom. The van der Waals surface area contributed by atoms with Crippen molar-refractivity contribution in [3.05, 3.63) is 47.4 Å². The first kappa shape index (κ1) is 13.9. The molecule has 110 valence electrons. The van der Waals surface area contributed by atoms with Crippen molar-refractivity contribution in [3.8, 4) is 0 Å². The number of oxazole rings is 1. The zero-order chi connectivity index (χ0) is 15.2. The molecule has 4 nitrogen and oxygen atoms in total. The van der Waals surface area contributed by atoms with Gasteiger partial charge in [-0.15, -0.1) is 0 Å². The molecule has 0 bridgehead atoms. The lowest BCUT2D eigenvalue weighted by Gasteiger charge is -2.24. The van der Waals surface area contributed by atoms with Crippen molar-refractivity contribution in [2.75, 3.05) is 11.4 Å². The SMILES string of the molecule is CCN1C(=Cc2occ(C)[n+]2C)C(C)(C)c2cccnc21. The zero-order valence-electron chi connectivity index (χ0n) is 13.3. The highest BCUT2D eigenvalue weighted by atomic mass is 16.3. The van der Waals surface area contributed by atoms with E-state index >= 15 is 0 Å². The molecule has 21 heavy (non-hydrogen) atoms. The molecule has 0 saturated heterocycles. The van der Waals surface area contributed by atoms with Crippen molar-refractivity contribution in [1.82, 2.24) is 4.98 Å². The van der Waals surface area contributed by atoms with Gasteiger partial charge in [-0.2, -0.15) is 4.57 Å². The van der Waals surface area contributed by atoms with Crippen molar-refractivity contribution in [2.45, 2.75) is 33.1 Å². The van der Waals surface area contributed by atoms with Crippen molar-refractivity contribution < 1.29 is 8.98 Å². The number of aromatic nitrogens is 2. The van der Waals surface area contributed by atoms with E-state index in [-0.39, 0.29) is 5.41 Å². The van der Waals surface area contributed by atoms with Gasteiger partial charge in [-0.25, -0.2) is 4.98 Å². The quantitative estimate of drug-likeness (QED) is 0.795. The lowest BCUT2D eigenvalue weighted by Crippen LogP contribution is -2.33. The molecule has 0 unspecified atom stereocenters. The summed E-state index contributed by atoms with van der Waals surface area (Å²) < 4.78 is 7.74. The molecule has 0 radical (unpaired) electrons. The van der Waals surface area contributed by atoms with Crippen molar-refractivity contribution >= 4 is 11.9 Å². The lowest BCUT2D eigenvalue weighted by atomic mass is 9.84. The van der Waals surface area contributed by atoms with Crippen LogP contribution in [0, 0.1) is 6.92 Å². The molecule has 0 N–H and O–H groups in total. The molecule has 2 aromatic heterocycles. The number of anilines is 1. The number of likely N-dealkylation sites (N-methyl/N-ethyl adjacent to an activating group) is 1. The van der Waals surface area contributed by atoms with E-state index in [4.69, 9.17) is 4.42 Å². The normalized spacial score (nSPS) is 18.3. The van der Waals surface area contributed by atoms with Crippen LogP contribution in [-0.2, 0) is 12.5 Å². The number of fused-ring (bicyclic) bond motifs is 1. The van der Waals surface area contributed by atoms with Crippen molar-refractivity contribution in [3.63, 3.8) is 0 Å². The average Bonchev–Trinajstić information content (AvgIpc) is 2.89. The third-order valence-corrected chi connectivity index (χ3v) is 4.43. The fourth-order valence-corrected chi connectivity index (χ4v) is 2.99. The summed E-state index contributed by atoms with van der Waals surface area (Å²) >= 11 is 0. The van der Waals surface area contributed by atoms with Crippen LogP contribution >= 0.6 is 0 Å². The fourth-order valence-electron chi connectivity index (χ4n) is 2.99. The molecule has 0 fully saturated rings. The second-order valence-corrected chi connectivity index (χ2v) is 6.05. The van der Waals surface area contributed by atoms with E-state index < -0.39 is 0 Å². The number of rotatable bonds is 2. The summed E-state index contributed by atoms with van der Waals surface area (Å²) in [5.41, 5.74) is 3.52. The first-order chi connectivity index (χ1) is 9.96. The smallest absolute Gasteiger partial charge is 0.374 e. The van der Waals surface area contributed by atoms with Crippen LogP contribution in [0.5, 0.6) is 0 Å². The van der Waals surface area contributed by atoms with Gasteiger partial charge in [0.2, 0.25) is 5.69 Å². The molecule has 1 aliphatic rings. The summed E-state index contributed by atoms with van der Waals surface area (Å²) in [4.78, 5) is 6.85. The summed E-state index contributed by atoms with van der Waals surface area (Å²) in [6, 6.07) is 4.17. The molecular weight excluding hydrogens is 262 g/mol. The Balaban J connectivity index is 2.17. The standard InChI is InChI=1S/C17H22N3O/c1-6-20-14(10-15-19(5)12(2)11-21-15)17(3,4)13-8-7-9-18-16(13)20/h7-11H,6H2,1-5H3/q+1. The van der Waals surface area contributed by atoms with Crippen LogP contribution in [0.1, 0.15) is 37.9 Å². The van der Waals surface area contributed by atoms with Crippen LogP contribution in [0.3, 0.4) is 0 Å². The molecule has 4 heteroatoms. The highest BCUT2D eigenvalue weighted by molar-refractivity contribution is 5.71. The number of allylic oxidation sites excluding steroid dienone is 1. The average molecular weight is 284 g/mol. The topological polar surface area (TPSA) is 33.2 Å². The molecule has 0 aliphatic carbocycles. The third-order valence-electron chi connectivity index (χ3n) is 4.43. The van der Waals surface area contributed by atoms with Crippen molar-refractivity contribution in [1.29, 1.82) is 0 Å². The minimum atomic E-state index is -0.0761. The summed E-state index contributed by atoms with van der Waals surface area (Å²) in [7, 11) is 2.02. The number of aryl methyl sites for hydroxylation is 1. The fraction of sp³-hybridized carbons (Fsp3) is 0.412. The summed E-state index contributed by atoms with van der Waals surface area (Å²) in [5, 5.41) is 0. The van der Waals surface area contributed by atoms with Gasteiger partial charge in [-0.05, 0) is 13.0 Å². The van der Waals surface area contributed by atoms with Crippen LogP contribution in [0.4, 0.5) is 5.82 Å². The van der Waals surface area contributed by atoms with Gasteiger partial charge < -0.3 is 9.32 Å². The van der Waals surface area contributed by atoms with Crippen LogP contribution in [0.25, 0.3) is 6.08 Å². The van der Waals surface area contributed by atoms with Gasteiger partial charge in [0.25, 0.3) is 0 Å². The van der Waals surface area contributed by atoms with Gasteiger partial charge in [0.05, 0.1) is 6.08 Å². The van der Waals surface area contributed by atoms with Gasteiger partial charge in [0.15, 0.2) is 6.26 Å². The van der Waals surface area contributed by atoms with Crippen LogP contribution < -0.4 is 9.47 Å². The zero-order valence-corrected chi connectivity index (χ0v) is 13.3. The van der Waals surface area contributed by atoms with E-state index in [0.717, 1.165) is 23.9 Å². The highest BCUT2D eigenvalue weighted by Crippen LogP contribution is 2.46. The number of hydrogen-bond acceptors (Lipinski definition) is 3. The van der Waals surface area contributed by atoms with E-state index in [9.17, 15) is 0 Å². The predicted molar refractivity (Wildman–Crippen MR) is 82.9 cm³/mol. The molecule has 3 heterocycles. The molecule has 0 spiro atoms. The monoisotopic (exact) mass is 284 g/mol. The van der Waals surface area contributed by atoms with Crippen LogP contribution in [0.2, 0.25) is 0 Å². The summed E-state index contributed by atoms with van der Waals surface area (Å²) in [6.07, 6.45) is 5.78. The van der Waals surface area contributed by atoms with Gasteiger partial charge in [0.1, 0.15) is 12.9 Å². The second-order valence-electron chi connectivity index (χ2n) is 6.05. The molecule has 0 aromatic carbocycles. The Labute approximate surface area is 125 Å². The first-order valence-corrected chi connectivity index (χ1v) is 7.36. The Kier molecular flexibility index (Phi) is 3.12. The van der Waals surface area contributed by atoms with Gasteiger partial charge in [-0.1, -0.05) is 19.9 Å². The Morgan fingerprint density at radius 1 is 1.43 bits per heavy atom. The van der Waals surface area contributed by atoms with Crippen LogP contribution in [0.15, 0.2) is 34.7 Å². The molecule has 1 aliphatic heterocycles. The van der Waals surface area contributed by atoms with E-state index in [0.29, 0.717) is 0 Å². The maximum atomic E-state index is 5.68. The number of pyridine rings is 1. The maximum Gasteiger partial charge on any atom is 0.374 e. The molecule has 2 aromatic rings.